The fourth-order valence-corrected chi connectivity index (χ4v) is 3.73. The molecule has 0 spiro atoms. The van der Waals surface area contributed by atoms with Crippen LogP contribution in [0.1, 0.15) is 30.2 Å². The maximum absolute atomic E-state index is 11.9. The third-order valence-electron chi connectivity index (χ3n) is 4.95. The second kappa shape index (κ2) is 9.51. The Hall–Kier alpha value is -3.23. The number of nitrogens with zero attached hydrogens (tertiary/aromatic N) is 2. The summed E-state index contributed by atoms with van der Waals surface area (Å²) in [6.07, 6.45) is 0.840. The molecule has 0 fully saturated rings. The number of aromatic nitrogens is 1. The van der Waals surface area contributed by atoms with Gasteiger partial charge < -0.3 is 14.6 Å². The van der Waals surface area contributed by atoms with Crippen LogP contribution in [0.5, 0.6) is 0 Å². The number of nitriles is 1. The summed E-state index contributed by atoms with van der Waals surface area (Å²) in [7, 11) is 1.86. The van der Waals surface area contributed by atoms with Crippen molar-refractivity contribution in [1.82, 2.24) is 4.57 Å². The van der Waals surface area contributed by atoms with Gasteiger partial charge in [0.2, 0.25) is 0 Å². The van der Waals surface area contributed by atoms with Crippen LogP contribution in [-0.4, -0.2) is 24.2 Å². The minimum atomic E-state index is -0.217. The van der Waals surface area contributed by atoms with Gasteiger partial charge in [-0.3, -0.25) is 4.79 Å². The molecule has 0 aliphatic rings. The predicted molar refractivity (Wildman–Crippen MR) is 120 cm³/mol. The van der Waals surface area contributed by atoms with Crippen LogP contribution in [0.25, 0.3) is 16.9 Å². The molecule has 0 amide bonds. The first-order valence-electron chi connectivity index (χ1n) is 9.83. The number of halogens is 1. The Labute approximate surface area is 181 Å². The van der Waals surface area contributed by atoms with E-state index < -0.39 is 0 Å². The molecule has 1 N–H and O–H groups in total. The zero-order valence-corrected chi connectivity index (χ0v) is 18.1. The van der Waals surface area contributed by atoms with Crippen molar-refractivity contribution in [3.8, 4) is 23.0 Å². The summed E-state index contributed by atoms with van der Waals surface area (Å²) in [4.78, 5) is 11.9. The van der Waals surface area contributed by atoms with Crippen LogP contribution < -0.4 is 5.32 Å². The van der Waals surface area contributed by atoms with E-state index in [1.165, 1.54) is 0 Å². The Morgan fingerprint density at radius 2 is 2.00 bits per heavy atom. The number of carbonyl (C=O) groups is 1. The Kier molecular flexibility index (Phi) is 6.81. The fraction of sp³-hybridized carbons (Fsp3) is 0.250. The van der Waals surface area contributed by atoms with Gasteiger partial charge in [-0.25, -0.2) is 0 Å². The Morgan fingerprint density at radius 1 is 1.20 bits per heavy atom. The van der Waals surface area contributed by atoms with Crippen LogP contribution in [0.15, 0.2) is 48.5 Å². The maximum Gasteiger partial charge on any atom is 0.306 e. The van der Waals surface area contributed by atoms with Gasteiger partial charge >= 0.3 is 5.97 Å². The van der Waals surface area contributed by atoms with Gasteiger partial charge in [0.15, 0.2) is 0 Å². The molecular formula is C24H24ClN3O2. The minimum absolute atomic E-state index is 0.217. The van der Waals surface area contributed by atoms with Crippen LogP contribution in [0.3, 0.4) is 0 Å². The zero-order chi connectivity index (χ0) is 21.7. The smallest absolute Gasteiger partial charge is 0.306 e. The van der Waals surface area contributed by atoms with Crippen LogP contribution in [-0.2, 0) is 16.0 Å². The molecule has 0 aliphatic heterocycles. The minimum Gasteiger partial charge on any atom is -0.466 e. The lowest BCUT2D eigenvalue weighted by atomic mass is 10.1. The first-order chi connectivity index (χ1) is 14.5. The predicted octanol–water partition coefficient (Wildman–Crippen LogP) is 5.52. The van der Waals surface area contributed by atoms with Crippen LogP contribution in [0, 0.1) is 18.3 Å². The Bertz CT molecular complexity index is 1110. The summed E-state index contributed by atoms with van der Waals surface area (Å²) < 4.78 is 7.23. The van der Waals surface area contributed by atoms with Crippen molar-refractivity contribution in [2.24, 2.45) is 0 Å². The number of aryl methyl sites for hydroxylation is 2. The number of hydrogen-bond acceptors (Lipinski definition) is 4. The molecular weight excluding hydrogens is 398 g/mol. The number of esters is 1. The number of ether oxygens (including phenoxy) is 1. The largest absolute Gasteiger partial charge is 0.466 e. The van der Waals surface area contributed by atoms with E-state index in [1.54, 1.807) is 6.92 Å². The molecule has 1 heterocycles. The second-order valence-electron chi connectivity index (χ2n) is 6.90. The molecule has 0 saturated heterocycles. The molecule has 0 radical (unpaired) electrons. The average Bonchev–Trinajstić information content (AvgIpc) is 3.15. The highest BCUT2D eigenvalue weighted by atomic mass is 35.5. The summed E-state index contributed by atoms with van der Waals surface area (Å²) in [6, 6.07) is 17.6. The van der Waals surface area contributed by atoms with E-state index in [1.807, 2.05) is 62.5 Å². The number of rotatable bonds is 7. The van der Waals surface area contributed by atoms with E-state index in [-0.39, 0.29) is 5.97 Å². The molecule has 154 valence electrons. The van der Waals surface area contributed by atoms with Crippen molar-refractivity contribution < 1.29 is 9.53 Å². The molecule has 2 aromatic carbocycles. The van der Waals surface area contributed by atoms with Crippen LogP contribution in [0.2, 0.25) is 5.02 Å². The van der Waals surface area contributed by atoms with Crippen molar-refractivity contribution >= 4 is 23.3 Å². The van der Waals surface area contributed by atoms with Gasteiger partial charge in [0.1, 0.15) is 0 Å². The highest BCUT2D eigenvalue weighted by molar-refractivity contribution is 6.31. The first kappa shape index (κ1) is 21.5. The van der Waals surface area contributed by atoms with Crippen molar-refractivity contribution in [2.75, 3.05) is 19.0 Å². The van der Waals surface area contributed by atoms with Crippen molar-refractivity contribution in [2.45, 2.75) is 26.7 Å². The van der Waals surface area contributed by atoms with Crippen molar-refractivity contribution in [1.29, 1.82) is 5.26 Å². The van der Waals surface area contributed by atoms with E-state index in [0.717, 1.165) is 33.9 Å². The molecule has 3 rings (SSSR count). The van der Waals surface area contributed by atoms with Gasteiger partial charge in [0, 0.05) is 34.7 Å². The molecule has 0 unspecified atom stereocenters. The molecule has 0 atom stereocenters. The summed E-state index contributed by atoms with van der Waals surface area (Å²) in [6.45, 7) is 4.16. The van der Waals surface area contributed by atoms with E-state index >= 15 is 0 Å². The summed E-state index contributed by atoms with van der Waals surface area (Å²) in [5, 5.41) is 13.1. The number of nitrogens with one attached hydrogen (secondary N) is 1. The fourth-order valence-electron chi connectivity index (χ4n) is 3.55. The van der Waals surface area contributed by atoms with E-state index in [0.29, 0.717) is 30.0 Å². The van der Waals surface area contributed by atoms with Crippen molar-refractivity contribution in [3.63, 3.8) is 0 Å². The van der Waals surface area contributed by atoms with E-state index in [4.69, 9.17) is 16.3 Å². The Balaban J connectivity index is 2.15. The average molecular weight is 422 g/mol. The topological polar surface area (TPSA) is 67.0 Å². The molecule has 3 aromatic rings. The van der Waals surface area contributed by atoms with Gasteiger partial charge in [0.25, 0.3) is 0 Å². The molecule has 6 heteroatoms. The third-order valence-corrected chi connectivity index (χ3v) is 5.18. The van der Waals surface area contributed by atoms with E-state index in [2.05, 4.69) is 16.0 Å². The van der Waals surface area contributed by atoms with Gasteiger partial charge in [-0.15, -0.1) is 0 Å². The maximum atomic E-state index is 11.9. The zero-order valence-electron chi connectivity index (χ0n) is 17.3. The standard InChI is InChI=1S/C24H24ClN3O2/c1-4-30-24(29)12-8-19-7-11-23(20-9-6-18(25)14-21(20)27-3)28(19)22-10-5-17(15-26)13-16(22)2/h5-7,9-11,13-14,27H,4,8,12H2,1-3H3. The lowest BCUT2D eigenvalue weighted by molar-refractivity contribution is -0.143. The quantitative estimate of drug-likeness (QED) is 0.510. The molecule has 0 bridgehead atoms. The van der Waals surface area contributed by atoms with Gasteiger partial charge in [-0.05, 0) is 74.4 Å². The second-order valence-corrected chi connectivity index (χ2v) is 7.34. The lowest BCUT2D eigenvalue weighted by Crippen LogP contribution is -2.09. The Morgan fingerprint density at radius 3 is 2.67 bits per heavy atom. The highest BCUT2D eigenvalue weighted by Gasteiger charge is 2.17. The number of hydrogen-bond donors (Lipinski definition) is 1. The molecule has 1 aromatic heterocycles. The van der Waals surface area contributed by atoms with Crippen LogP contribution in [0.4, 0.5) is 5.69 Å². The third kappa shape index (κ3) is 4.50. The molecule has 30 heavy (non-hydrogen) atoms. The number of benzene rings is 2. The number of anilines is 1. The van der Waals surface area contributed by atoms with E-state index in [9.17, 15) is 10.1 Å². The summed E-state index contributed by atoms with van der Waals surface area (Å²) in [5.74, 6) is -0.217. The molecule has 0 aliphatic carbocycles. The number of carbonyl (C=O) groups excluding carboxylic acids is 1. The lowest BCUT2D eigenvalue weighted by Gasteiger charge is -2.18. The van der Waals surface area contributed by atoms with Gasteiger partial charge in [0.05, 0.1) is 30.4 Å². The molecule has 5 nitrogen and oxygen atoms in total. The monoisotopic (exact) mass is 421 g/mol. The normalized spacial score (nSPS) is 10.5. The van der Waals surface area contributed by atoms with Gasteiger partial charge in [-0.1, -0.05) is 11.6 Å². The summed E-state index contributed by atoms with van der Waals surface area (Å²) >= 11 is 6.19. The van der Waals surface area contributed by atoms with Crippen molar-refractivity contribution in [3.05, 3.63) is 70.4 Å². The molecule has 0 saturated carbocycles. The van der Waals surface area contributed by atoms with Crippen LogP contribution >= 0.6 is 11.6 Å². The van der Waals surface area contributed by atoms with Gasteiger partial charge in [-0.2, -0.15) is 5.26 Å². The summed E-state index contributed by atoms with van der Waals surface area (Å²) in [5.41, 5.74) is 6.41. The highest BCUT2D eigenvalue weighted by Crippen LogP contribution is 2.35. The SMILES string of the molecule is CCOC(=O)CCc1ccc(-c2ccc(Cl)cc2NC)n1-c1ccc(C#N)cc1C. The first-order valence-corrected chi connectivity index (χ1v) is 10.2.